The van der Waals surface area contributed by atoms with Crippen molar-refractivity contribution in [3.63, 3.8) is 0 Å². The molecule has 0 atom stereocenters. The minimum atomic E-state index is 0.498. The number of halogens is 1. The number of hydrogen-bond donors (Lipinski definition) is 0. The van der Waals surface area contributed by atoms with Crippen LogP contribution in [0.2, 0.25) is 0 Å². The number of nitrogens with zero attached hydrogens (tertiary/aromatic N) is 5. The van der Waals surface area contributed by atoms with Gasteiger partial charge in [-0.2, -0.15) is 14.2 Å². The zero-order valence-corrected chi connectivity index (χ0v) is 23.1. The number of anilines is 1. The maximum absolute atomic E-state index is 5.83. The van der Waals surface area contributed by atoms with Gasteiger partial charge in [0.05, 0.1) is 36.6 Å². The predicted molar refractivity (Wildman–Crippen MR) is 149 cm³/mol. The fraction of sp³-hybridized carbons (Fsp3) is 0.346. The summed E-state index contributed by atoms with van der Waals surface area (Å²) in [6.45, 7) is 10.4. The van der Waals surface area contributed by atoms with Crippen LogP contribution in [-0.2, 0) is 13.0 Å². The van der Waals surface area contributed by atoms with E-state index < -0.39 is 0 Å². The number of methoxy groups -OCH3 is 1. The van der Waals surface area contributed by atoms with Crippen LogP contribution in [0.25, 0.3) is 22.3 Å². The Balaban J connectivity index is 1.58. The number of rotatable bonds is 5. The summed E-state index contributed by atoms with van der Waals surface area (Å²) in [5, 5.41) is 5.58. The highest BCUT2D eigenvalue weighted by Crippen LogP contribution is 2.37. The minimum absolute atomic E-state index is 0.498. The molecular formula is C26H28IN5OS. The van der Waals surface area contributed by atoms with Crippen LogP contribution >= 0.6 is 30.3 Å². The average Bonchev–Trinajstić information content (AvgIpc) is 3.26. The molecule has 0 saturated heterocycles. The number of aromatic nitrogens is 4. The van der Waals surface area contributed by atoms with Crippen LogP contribution < -0.4 is 9.64 Å². The lowest BCUT2D eigenvalue weighted by molar-refractivity contribution is 0.388. The van der Waals surface area contributed by atoms with Crippen molar-refractivity contribution in [1.29, 1.82) is 0 Å². The van der Waals surface area contributed by atoms with Gasteiger partial charge in [-0.3, -0.25) is 0 Å². The second kappa shape index (κ2) is 9.37. The summed E-state index contributed by atoms with van der Waals surface area (Å²) in [5.41, 5.74) is 9.30. The van der Waals surface area contributed by atoms with E-state index in [1.165, 1.54) is 16.8 Å². The molecule has 1 aliphatic rings. The van der Waals surface area contributed by atoms with E-state index in [2.05, 4.69) is 89.2 Å². The minimum Gasteiger partial charge on any atom is -0.481 e. The summed E-state index contributed by atoms with van der Waals surface area (Å²) in [7, 11) is 3.25. The van der Waals surface area contributed by atoms with Gasteiger partial charge in [-0.15, -0.1) is 0 Å². The molecule has 4 aromatic rings. The fourth-order valence-electron chi connectivity index (χ4n) is 4.74. The summed E-state index contributed by atoms with van der Waals surface area (Å²) < 4.78 is 7.74. The SMILES string of the molecule is COc1nc(-c2c(C)ccc3c2cnn3SI)nc2c1CN(c1cc(C(C)C)ccc1C)CC2. The molecule has 2 aromatic carbocycles. The van der Waals surface area contributed by atoms with Gasteiger partial charge >= 0.3 is 0 Å². The maximum atomic E-state index is 5.83. The molecule has 176 valence electrons. The van der Waals surface area contributed by atoms with Crippen molar-refractivity contribution in [3.8, 4) is 17.3 Å². The Morgan fingerprint density at radius 3 is 2.62 bits per heavy atom. The van der Waals surface area contributed by atoms with Gasteiger partial charge in [-0.1, -0.05) is 32.0 Å². The molecule has 1 aliphatic heterocycles. The first-order valence-electron chi connectivity index (χ1n) is 11.5. The molecule has 3 heterocycles. The van der Waals surface area contributed by atoms with E-state index in [0.29, 0.717) is 17.6 Å². The topological polar surface area (TPSA) is 56.1 Å². The van der Waals surface area contributed by atoms with Gasteiger partial charge < -0.3 is 9.64 Å². The van der Waals surface area contributed by atoms with E-state index in [1.807, 2.05) is 10.3 Å². The van der Waals surface area contributed by atoms with Crippen molar-refractivity contribution in [1.82, 2.24) is 19.2 Å². The van der Waals surface area contributed by atoms with Crippen molar-refractivity contribution in [3.05, 3.63) is 64.5 Å². The first-order chi connectivity index (χ1) is 16.4. The summed E-state index contributed by atoms with van der Waals surface area (Å²) in [4.78, 5) is 12.4. The van der Waals surface area contributed by atoms with Crippen molar-refractivity contribution in [2.45, 2.75) is 46.6 Å². The highest BCUT2D eigenvalue weighted by atomic mass is 127. The normalized spacial score (nSPS) is 13.6. The third kappa shape index (κ3) is 4.04. The Morgan fingerprint density at radius 2 is 1.88 bits per heavy atom. The molecule has 6 nitrogen and oxygen atoms in total. The van der Waals surface area contributed by atoms with Crippen LogP contribution in [0.4, 0.5) is 5.69 Å². The molecule has 8 heteroatoms. The molecular weight excluding hydrogens is 557 g/mol. The number of aryl methyl sites for hydroxylation is 2. The molecule has 0 radical (unpaired) electrons. The highest BCUT2D eigenvalue weighted by molar-refractivity contribution is 14.2. The van der Waals surface area contributed by atoms with Gasteiger partial charge in [0.15, 0.2) is 5.82 Å². The molecule has 0 N–H and O–H groups in total. The molecule has 0 spiro atoms. The number of ether oxygens (including phenoxy) is 1. The summed E-state index contributed by atoms with van der Waals surface area (Å²) in [6.07, 6.45) is 2.76. The number of hydrogen-bond acceptors (Lipinski definition) is 6. The van der Waals surface area contributed by atoms with Crippen LogP contribution in [-0.4, -0.2) is 32.8 Å². The lowest BCUT2D eigenvalue weighted by Crippen LogP contribution is -2.32. The first-order valence-corrected chi connectivity index (χ1v) is 14.8. The van der Waals surface area contributed by atoms with Crippen LogP contribution in [0.15, 0.2) is 36.5 Å². The van der Waals surface area contributed by atoms with Crippen LogP contribution in [0.3, 0.4) is 0 Å². The maximum Gasteiger partial charge on any atom is 0.222 e. The smallest absolute Gasteiger partial charge is 0.222 e. The standard InChI is InChI=1S/C26H28IN5OS/c1-15(2)18-8-6-16(3)23(12-18)31-11-10-21-20(14-31)26(33-5)30-25(29-21)24-17(4)7-9-22-19(24)13-28-32(22)34-27/h6-9,12-13,15H,10-11,14H2,1-5H3. The Hall–Kier alpha value is -2.33. The lowest BCUT2D eigenvalue weighted by atomic mass is 9.98. The summed E-state index contributed by atoms with van der Waals surface area (Å²) in [5.74, 6) is 1.87. The first kappa shape index (κ1) is 23.4. The van der Waals surface area contributed by atoms with Gasteiger partial charge in [-0.05, 0) is 48.6 Å². The van der Waals surface area contributed by atoms with E-state index >= 15 is 0 Å². The highest BCUT2D eigenvalue weighted by Gasteiger charge is 2.26. The third-order valence-electron chi connectivity index (χ3n) is 6.67. The van der Waals surface area contributed by atoms with E-state index in [0.717, 1.165) is 52.8 Å². The van der Waals surface area contributed by atoms with Gasteiger partial charge in [0.1, 0.15) is 0 Å². The molecule has 5 rings (SSSR count). The number of fused-ring (bicyclic) bond motifs is 2. The van der Waals surface area contributed by atoms with Crippen LogP contribution in [0.1, 0.15) is 47.7 Å². The zero-order chi connectivity index (χ0) is 24.0. The van der Waals surface area contributed by atoms with Crippen molar-refractivity contribution < 1.29 is 4.74 Å². The quantitative estimate of drug-likeness (QED) is 0.245. The van der Waals surface area contributed by atoms with Crippen molar-refractivity contribution >= 4 is 46.9 Å². The van der Waals surface area contributed by atoms with E-state index in [4.69, 9.17) is 14.7 Å². The molecule has 0 bridgehead atoms. The lowest BCUT2D eigenvalue weighted by Gasteiger charge is -2.32. The van der Waals surface area contributed by atoms with Gasteiger partial charge in [-0.25, -0.2) is 4.98 Å². The molecule has 0 fully saturated rings. The van der Waals surface area contributed by atoms with Gasteiger partial charge in [0.2, 0.25) is 5.88 Å². The number of benzene rings is 2. The third-order valence-corrected chi connectivity index (χ3v) is 8.21. The monoisotopic (exact) mass is 585 g/mol. The Morgan fingerprint density at radius 1 is 1.09 bits per heavy atom. The fourth-order valence-corrected chi connectivity index (χ4v) is 5.99. The van der Waals surface area contributed by atoms with Crippen molar-refractivity contribution in [2.24, 2.45) is 0 Å². The van der Waals surface area contributed by atoms with Gasteiger partial charge in [0, 0.05) is 59.9 Å². The zero-order valence-electron chi connectivity index (χ0n) is 20.1. The van der Waals surface area contributed by atoms with Gasteiger partial charge in [0.25, 0.3) is 0 Å². The molecule has 0 unspecified atom stereocenters. The second-order valence-corrected chi connectivity index (χ2v) is 10.8. The predicted octanol–water partition coefficient (Wildman–Crippen LogP) is 6.65. The summed E-state index contributed by atoms with van der Waals surface area (Å²) in [6, 6.07) is 11.0. The summed E-state index contributed by atoms with van der Waals surface area (Å²) >= 11 is 2.25. The Labute approximate surface area is 216 Å². The Bertz CT molecular complexity index is 1370. The molecule has 0 aliphatic carbocycles. The Kier molecular flexibility index (Phi) is 6.45. The average molecular weight is 586 g/mol. The van der Waals surface area contributed by atoms with Crippen molar-refractivity contribution in [2.75, 3.05) is 18.6 Å². The molecule has 0 amide bonds. The largest absolute Gasteiger partial charge is 0.481 e. The van der Waals surface area contributed by atoms with Crippen LogP contribution in [0, 0.1) is 13.8 Å². The van der Waals surface area contributed by atoms with E-state index in [-0.39, 0.29) is 0 Å². The molecule has 0 saturated carbocycles. The van der Waals surface area contributed by atoms with Crippen LogP contribution in [0.5, 0.6) is 5.88 Å². The molecule has 34 heavy (non-hydrogen) atoms. The van der Waals surface area contributed by atoms with E-state index in [1.54, 1.807) is 16.2 Å². The second-order valence-electron chi connectivity index (χ2n) is 9.13. The molecule has 2 aromatic heterocycles. The van der Waals surface area contributed by atoms with E-state index in [9.17, 15) is 0 Å².